The summed E-state index contributed by atoms with van der Waals surface area (Å²) in [5.41, 5.74) is 5.81. The molecule has 0 aliphatic carbocycles. The van der Waals surface area contributed by atoms with E-state index in [2.05, 4.69) is 32.9 Å². The van der Waals surface area contributed by atoms with Gasteiger partial charge in [0.25, 0.3) is 0 Å². The van der Waals surface area contributed by atoms with Crippen molar-refractivity contribution >= 4 is 11.5 Å². The van der Waals surface area contributed by atoms with Crippen molar-refractivity contribution < 1.29 is 9.53 Å². The van der Waals surface area contributed by atoms with Crippen LogP contribution >= 0.6 is 0 Å². The number of hydrogen-bond acceptors (Lipinski definition) is 2. The van der Waals surface area contributed by atoms with Crippen LogP contribution in [0.15, 0.2) is 18.2 Å². The molecule has 0 fully saturated rings. The van der Waals surface area contributed by atoms with E-state index >= 15 is 0 Å². The van der Waals surface area contributed by atoms with E-state index in [-0.39, 0.29) is 12.1 Å². The fourth-order valence-corrected chi connectivity index (χ4v) is 2.43. The first-order valence-corrected chi connectivity index (χ1v) is 5.49. The summed E-state index contributed by atoms with van der Waals surface area (Å²) in [6.45, 7) is 8.14. The van der Waals surface area contributed by atoms with Crippen LogP contribution in [0.2, 0.25) is 0 Å². The first kappa shape index (κ1) is 10.9. The Morgan fingerprint density at radius 3 is 2.12 bits per heavy atom. The predicted octanol–water partition coefficient (Wildman–Crippen LogP) is 2.94. The van der Waals surface area contributed by atoms with Crippen LogP contribution in [0.25, 0.3) is 5.57 Å². The Kier molecular flexibility index (Phi) is 2.58. The van der Waals surface area contributed by atoms with Gasteiger partial charge in [-0.1, -0.05) is 17.7 Å². The molecule has 1 aromatic carbocycles. The van der Waals surface area contributed by atoms with Crippen LogP contribution < -0.4 is 0 Å². The molecule has 1 heterocycles. The van der Waals surface area contributed by atoms with Crippen molar-refractivity contribution in [3.05, 3.63) is 40.5 Å². The minimum absolute atomic E-state index is 0.132. The first-order valence-electron chi connectivity index (χ1n) is 5.49. The molecule has 1 atom stereocenters. The Bertz CT molecular complexity index is 461. The van der Waals surface area contributed by atoms with Gasteiger partial charge in [0.2, 0.25) is 0 Å². The fraction of sp³-hybridized carbons (Fsp3) is 0.357. The lowest BCUT2D eigenvalue weighted by molar-refractivity contribution is -0.137. The van der Waals surface area contributed by atoms with Gasteiger partial charge in [0.05, 0.1) is 0 Å². The maximum atomic E-state index is 11.2. The van der Waals surface area contributed by atoms with Crippen molar-refractivity contribution in [3.63, 3.8) is 0 Å². The van der Waals surface area contributed by atoms with Gasteiger partial charge in [-0.3, -0.25) is 0 Å². The number of ether oxygens (including phenoxy) is 1. The highest BCUT2D eigenvalue weighted by molar-refractivity contribution is 5.97. The van der Waals surface area contributed by atoms with E-state index in [1.807, 2.05) is 6.92 Å². The standard InChI is InChI=1S/C14H16O2/c1-8-5-9(2)14(10(3)6-8)12-7-13(15)16-11(12)4/h5-7,11H,1-4H3. The Morgan fingerprint density at radius 2 is 1.69 bits per heavy atom. The average Bonchev–Trinajstić information content (AvgIpc) is 2.43. The minimum atomic E-state index is -0.234. The van der Waals surface area contributed by atoms with Crippen molar-refractivity contribution in [2.75, 3.05) is 0 Å². The van der Waals surface area contributed by atoms with Crippen molar-refractivity contribution in [2.24, 2.45) is 0 Å². The summed E-state index contributed by atoms with van der Waals surface area (Å²) in [6, 6.07) is 4.28. The van der Waals surface area contributed by atoms with Gasteiger partial charge in [-0.05, 0) is 44.4 Å². The number of benzene rings is 1. The molecule has 0 bridgehead atoms. The van der Waals surface area contributed by atoms with Crippen LogP contribution in [0, 0.1) is 20.8 Å². The summed E-state index contributed by atoms with van der Waals surface area (Å²) >= 11 is 0. The molecule has 2 heteroatoms. The molecule has 0 radical (unpaired) electrons. The molecule has 0 aromatic heterocycles. The molecule has 1 aliphatic heterocycles. The Hall–Kier alpha value is -1.57. The predicted molar refractivity (Wildman–Crippen MR) is 64.2 cm³/mol. The molecule has 0 spiro atoms. The Labute approximate surface area is 95.9 Å². The van der Waals surface area contributed by atoms with Gasteiger partial charge in [-0.25, -0.2) is 4.79 Å². The molecule has 0 N–H and O–H groups in total. The van der Waals surface area contributed by atoms with Crippen molar-refractivity contribution in [3.8, 4) is 0 Å². The van der Waals surface area contributed by atoms with Gasteiger partial charge < -0.3 is 4.74 Å². The second-order valence-corrected chi connectivity index (χ2v) is 4.45. The minimum Gasteiger partial charge on any atom is -0.455 e. The molecule has 0 saturated heterocycles. The topological polar surface area (TPSA) is 26.3 Å². The number of carbonyl (C=O) groups is 1. The molecule has 0 amide bonds. The molecular weight excluding hydrogens is 200 g/mol. The molecule has 2 rings (SSSR count). The molecule has 1 aliphatic rings. The van der Waals surface area contributed by atoms with Crippen molar-refractivity contribution in [2.45, 2.75) is 33.8 Å². The van der Waals surface area contributed by atoms with E-state index in [1.165, 1.54) is 16.7 Å². The lowest BCUT2D eigenvalue weighted by Crippen LogP contribution is -2.07. The van der Waals surface area contributed by atoms with Crippen LogP contribution in [0.1, 0.15) is 29.2 Å². The molecule has 0 saturated carbocycles. The van der Waals surface area contributed by atoms with Gasteiger partial charge in [0.15, 0.2) is 0 Å². The maximum absolute atomic E-state index is 11.2. The van der Waals surface area contributed by atoms with E-state index in [4.69, 9.17) is 4.74 Å². The summed E-state index contributed by atoms with van der Waals surface area (Å²) in [6.07, 6.45) is 1.47. The van der Waals surface area contributed by atoms with Crippen LogP contribution in [0.4, 0.5) is 0 Å². The maximum Gasteiger partial charge on any atom is 0.331 e. The fourth-order valence-electron chi connectivity index (χ4n) is 2.43. The summed E-state index contributed by atoms with van der Waals surface area (Å²) in [5, 5.41) is 0. The van der Waals surface area contributed by atoms with E-state index in [0.717, 1.165) is 11.1 Å². The second-order valence-electron chi connectivity index (χ2n) is 4.45. The van der Waals surface area contributed by atoms with Crippen LogP contribution in [-0.4, -0.2) is 12.1 Å². The number of carbonyl (C=O) groups excluding carboxylic acids is 1. The monoisotopic (exact) mass is 216 g/mol. The molecular formula is C14H16O2. The highest BCUT2D eigenvalue weighted by Crippen LogP contribution is 2.31. The quantitative estimate of drug-likeness (QED) is 0.675. The zero-order valence-electron chi connectivity index (χ0n) is 10.1. The van der Waals surface area contributed by atoms with Crippen LogP contribution in [0.3, 0.4) is 0 Å². The zero-order valence-corrected chi connectivity index (χ0v) is 10.1. The van der Waals surface area contributed by atoms with E-state index in [0.29, 0.717) is 0 Å². The smallest absolute Gasteiger partial charge is 0.331 e. The number of hydrogen-bond donors (Lipinski definition) is 0. The van der Waals surface area contributed by atoms with E-state index in [1.54, 1.807) is 6.08 Å². The van der Waals surface area contributed by atoms with Gasteiger partial charge in [0, 0.05) is 11.6 Å². The van der Waals surface area contributed by atoms with Crippen LogP contribution in [0.5, 0.6) is 0 Å². The van der Waals surface area contributed by atoms with Gasteiger partial charge in [-0.2, -0.15) is 0 Å². The largest absolute Gasteiger partial charge is 0.455 e. The summed E-state index contributed by atoms with van der Waals surface area (Å²) in [7, 11) is 0. The summed E-state index contributed by atoms with van der Waals surface area (Å²) < 4.78 is 5.14. The summed E-state index contributed by atoms with van der Waals surface area (Å²) in [4.78, 5) is 11.2. The van der Waals surface area contributed by atoms with Crippen molar-refractivity contribution in [1.82, 2.24) is 0 Å². The highest BCUT2D eigenvalue weighted by Gasteiger charge is 2.25. The zero-order chi connectivity index (χ0) is 11.9. The van der Waals surface area contributed by atoms with E-state index < -0.39 is 0 Å². The molecule has 2 nitrogen and oxygen atoms in total. The lowest BCUT2D eigenvalue weighted by atomic mass is 9.92. The third-order valence-electron chi connectivity index (χ3n) is 2.97. The number of rotatable bonds is 1. The van der Waals surface area contributed by atoms with Gasteiger partial charge >= 0.3 is 5.97 Å². The van der Waals surface area contributed by atoms with E-state index in [9.17, 15) is 4.79 Å². The first-order chi connectivity index (χ1) is 7.49. The Morgan fingerprint density at radius 1 is 1.12 bits per heavy atom. The van der Waals surface area contributed by atoms with Gasteiger partial charge in [-0.15, -0.1) is 0 Å². The van der Waals surface area contributed by atoms with Crippen molar-refractivity contribution in [1.29, 1.82) is 0 Å². The molecule has 84 valence electrons. The highest BCUT2D eigenvalue weighted by atomic mass is 16.5. The number of esters is 1. The molecule has 1 unspecified atom stereocenters. The molecule has 16 heavy (non-hydrogen) atoms. The molecule has 1 aromatic rings. The average molecular weight is 216 g/mol. The van der Waals surface area contributed by atoms with Crippen LogP contribution in [-0.2, 0) is 9.53 Å². The summed E-state index contributed by atoms with van der Waals surface area (Å²) in [5.74, 6) is -0.234. The number of cyclic esters (lactones) is 1. The normalized spacial score (nSPS) is 19.6. The van der Waals surface area contributed by atoms with Gasteiger partial charge in [0.1, 0.15) is 6.10 Å². The SMILES string of the molecule is Cc1cc(C)c(C2=CC(=O)OC2C)c(C)c1. The Balaban J connectivity index is 2.57. The third kappa shape index (κ3) is 1.75. The number of aryl methyl sites for hydroxylation is 3. The lowest BCUT2D eigenvalue weighted by Gasteiger charge is -2.15. The second kappa shape index (κ2) is 3.78. The third-order valence-corrected chi connectivity index (χ3v) is 2.97.